The van der Waals surface area contributed by atoms with Gasteiger partial charge >= 0.3 is 6.09 Å². The second-order valence-corrected chi connectivity index (χ2v) is 5.99. The number of nitrogens with zero attached hydrogens (tertiary/aromatic N) is 4. The summed E-state index contributed by atoms with van der Waals surface area (Å²) in [7, 11) is 0. The van der Waals surface area contributed by atoms with Gasteiger partial charge in [-0.1, -0.05) is 0 Å². The molecule has 8 heteroatoms. The van der Waals surface area contributed by atoms with Gasteiger partial charge in [-0.3, -0.25) is 4.79 Å². The molecule has 1 aliphatic rings. The van der Waals surface area contributed by atoms with Crippen molar-refractivity contribution < 1.29 is 14.3 Å². The van der Waals surface area contributed by atoms with Crippen LogP contribution in [-0.4, -0.2) is 50.2 Å². The number of aromatic nitrogens is 3. The van der Waals surface area contributed by atoms with E-state index in [0.717, 1.165) is 0 Å². The molecule has 1 aliphatic heterocycles. The number of amides is 1. The Labute approximate surface area is 121 Å². The fraction of sp³-hybridized carbons (Fsp3) is 0.667. The van der Waals surface area contributed by atoms with Gasteiger partial charge < -0.3 is 9.64 Å². The van der Waals surface area contributed by atoms with Crippen molar-refractivity contribution in [3.05, 3.63) is 11.6 Å². The number of halogens is 1. The molecule has 1 amide bonds. The third-order valence-corrected chi connectivity index (χ3v) is 3.02. The smallest absolute Gasteiger partial charge is 0.410 e. The summed E-state index contributed by atoms with van der Waals surface area (Å²) < 4.78 is 6.70. The van der Waals surface area contributed by atoms with E-state index in [9.17, 15) is 9.59 Å². The van der Waals surface area contributed by atoms with Crippen LogP contribution in [0.2, 0.25) is 5.28 Å². The molecule has 0 saturated carbocycles. The quantitative estimate of drug-likeness (QED) is 0.788. The first-order valence-electron chi connectivity index (χ1n) is 6.33. The Morgan fingerprint density at radius 1 is 1.50 bits per heavy atom. The normalized spacial score (nSPS) is 20.1. The first kappa shape index (κ1) is 14.8. The van der Waals surface area contributed by atoms with Crippen LogP contribution in [0.1, 0.15) is 33.2 Å². The van der Waals surface area contributed by atoms with Crippen molar-refractivity contribution in [1.29, 1.82) is 0 Å². The van der Waals surface area contributed by atoms with Crippen LogP contribution in [0.3, 0.4) is 0 Å². The Balaban J connectivity index is 2.08. The zero-order chi connectivity index (χ0) is 14.9. The van der Waals surface area contributed by atoms with Crippen molar-refractivity contribution in [3.63, 3.8) is 0 Å². The molecule has 1 atom stereocenters. The van der Waals surface area contributed by atoms with Crippen LogP contribution in [0.15, 0.2) is 6.33 Å². The van der Waals surface area contributed by atoms with Crippen LogP contribution in [0.4, 0.5) is 4.79 Å². The van der Waals surface area contributed by atoms with Gasteiger partial charge in [0.2, 0.25) is 5.28 Å². The highest BCUT2D eigenvalue weighted by molar-refractivity contribution is 6.28. The van der Waals surface area contributed by atoms with E-state index in [1.165, 1.54) is 15.9 Å². The van der Waals surface area contributed by atoms with Gasteiger partial charge in [-0.05, 0) is 32.4 Å². The fourth-order valence-corrected chi connectivity index (χ4v) is 2.07. The number of ether oxygens (including phenoxy) is 1. The summed E-state index contributed by atoms with van der Waals surface area (Å²) in [6.45, 7) is 5.97. The van der Waals surface area contributed by atoms with Crippen molar-refractivity contribution in [2.45, 2.75) is 38.8 Å². The third kappa shape index (κ3) is 3.47. The number of piperidine rings is 1. The van der Waals surface area contributed by atoms with Crippen LogP contribution in [0.25, 0.3) is 0 Å². The lowest BCUT2D eigenvalue weighted by atomic mass is 10.1. The summed E-state index contributed by atoms with van der Waals surface area (Å²) in [6, 6.07) is -0.559. The lowest BCUT2D eigenvalue weighted by molar-refractivity contribution is -0.125. The summed E-state index contributed by atoms with van der Waals surface area (Å²) in [5, 5.41) is 4.00. The van der Waals surface area contributed by atoms with E-state index in [-0.39, 0.29) is 24.0 Å². The fourth-order valence-electron chi connectivity index (χ4n) is 1.94. The molecule has 2 heterocycles. The zero-order valence-corrected chi connectivity index (χ0v) is 12.4. The van der Waals surface area contributed by atoms with Crippen LogP contribution in [0, 0.1) is 0 Å². The third-order valence-electron chi connectivity index (χ3n) is 2.84. The van der Waals surface area contributed by atoms with Gasteiger partial charge in [-0.25, -0.2) is 14.5 Å². The topological polar surface area (TPSA) is 77.3 Å². The molecule has 0 aromatic carbocycles. The first-order valence-corrected chi connectivity index (χ1v) is 6.71. The van der Waals surface area contributed by atoms with Crippen molar-refractivity contribution in [2.75, 3.05) is 13.1 Å². The van der Waals surface area contributed by atoms with Gasteiger partial charge in [-0.2, -0.15) is 0 Å². The van der Waals surface area contributed by atoms with Crippen LogP contribution in [-0.2, 0) is 9.53 Å². The van der Waals surface area contributed by atoms with E-state index < -0.39 is 17.7 Å². The molecular weight excluding hydrogens is 284 g/mol. The number of hydrogen-bond acceptors (Lipinski definition) is 5. The summed E-state index contributed by atoms with van der Waals surface area (Å²) in [5.41, 5.74) is -0.565. The van der Waals surface area contributed by atoms with Crippen molar-refractivity contribution in [2.24, 2.45) is 0 Å². The molecule has 1 fully saturated rings. The number of rotatable bonds is 1. The molecule has 110 valence electrons. The molecule has 0 N–H and O–H groups in total. The minimum absolute atomic E-state index is 0.00590. The highest BCUT2D eigenvalue weighted by Crippen LogP contribution is 2.20. The van der Waals surface area contributed by atoms with Gasteiger partial charge in [0.25, 0.3) is 0 Å². The molecular formula is C12H17ClN4O3. The predicted molar refractivity (Wildman–Crippen MR) is 71.5 cm³/mol. The van der Waals surface area contributed by atoms with Crippen molar-refractivity contribution >= 4 is 23.5 Å². The van der Waals surface area contributed by atoms with E-state index in [1.54, 1.807) is 20.8 Å². The molecule has 1 saturated heterocycles. The van der Waals surface area contributed by atoms with Crippen molar-refractivity contribution in [3.8, 4) is 0 Å². The number of carbonyl (C=O) groups excluding carboxylic acids is 2. The minimum Gasteiger partial charge on any atom is -0.444 e. The Morgan fingerprint density at radius 3 is 2.75 bits per heavy atom. The Bertz CT molecular complexity index is 523. The largest absolute Gasteiger partial charge is 0.444 e. The summed E-state index contributed by atoms with van der Waals surface area (Å²) in [5.74, 6) is 0.00590. The van der Waals surface area contributed by atoms with E-state index in [0.29, 0.717) is 6.54 Å². The van der Waals surface area contributed by atoms with E-state index in [4.69, 9.17) is 16.3 Å². The second-order valence-electron chi connectivity index (χ2n) is 5.65. The van der Waals surface area contributed by atoms with E-state index in [1.807, 2.05) is 0 Å². The number of hydrogen-bond donors (Lipinski definition) is 0. The lowest BCUT2D eigenvalue weighted by Gasteiger charge is -2.33. The Morgan fingerprint density at radius 2 is 2.20 bits per heavy atom. The van der Waals surface area contributed by atoms with E-state index in [2.05, 4.69) is 10.1 Å². The van der Waals surface area contributed by atoms with Gasteiger partial charge in [0.15, 0.2) is 5.78 Å². The zero-order valence-electron chi connectivity index (χ0n) is 11.7. The molecule has 0 radical (unpaired) electrons. The summed E-state index contributed by atoms with van der Waals surface area (Å²) >= 11 is 5.65. The minimum atomic E-state index is -0.565. The van der Waals surface area contributed by atoms with Gasteiger partial charge in [0.05, 0.1) is 6.54 Å². The molecule has 20 heavy (non-hydrogen) atoms. The van der Waals surface area contributed by atoms with Gasteiger partial charge in [0.1, 0.15) is 18.0 Å². The molecule has 0 aliphatic carbocycles. The maximum Gasteiger partial charge on any atom is 0.410 e. The van der Waals surface area contributed by atoms with E-state index >= 15 is 0 Å². The second kappa shape index (κ2) is 5.40. The van der Waals surface area contributed by atoms with Crippen LogP contribution in [0.5, 0.6) is 0 Å². The monoisotopic (exact) mass is 300 g/mol. The Kier molecular flexibility index (Phi) is 3.99. The molecule has 0 bridgehead atoms. The predicted octanol–water partition coefficient (Wildman–Crippen LogP) is 1.68. The van der Waals surface area contributed by atoms with Crippen LogP contribution < -0.4 is 0 Å². The van der Waals surface area contributed by atoms with Crippen LogP contribution >= 0.6 is 11.6 Å². The number of Topliss-reactive ketones (excluding diaryl/α,β-unsaturated/α-hetero) is 1. The van der Waals surface area contributed by atoms with Gasteiger partial charge in [0, 0.05) is 13.0 Å². The average Bonchev–Trinajstić information content (AvgIpc) is 2.74. The van der Waals surface area contributed by atoms with Gasteiger partial charge in [-0.15, -0.1) is 5.10 Å². The molecule has 0 spiro atoms. The molecule has 1 unspecified atom stereocenters. The average molecular weight is 301 g/mol. The molecule has 1 aromatic rings. The number of likely N-dealkylation sites (tertiary alicyclic amines) is 1. The number of ketones is 1. The maximum absolute atomic E-state index is 12.0. The first-order chi connectivity index (χ1) is 9.26. The molecule has 7 nitrogen and oxygen atoms in total. The maximum atomic E-state index is 12.0. The molecule has 1 aromatic heterocycles. The number of carbonyl (C=O) groups is 2. The summed E-state index contributed by atoms with van der Waals surface area (Å²) in [6.07, 6.45) is 1.23. The SMILES string of the molecule is CC(C)(C)OC(=O)N1CCC(=O)C(n2cnc(Cl)n2)C1. The standard InChI is InChI=1S/C12H17ClN4O3/c1-12(2,3)20-11(19)16-5-4-9(18)8(6-16)17-7-14-10(13)15-17/h7-8H,4-6H2,1-3H3. The lowest BCUT2D eigenvalue weighted by Crippen LogP contribution is -2.46. The highest BCUT2D eigenvalue weighted by Gasteiger charge is 2.33. The Hall–Kier alpha value is -1.63. The van der Waals surface area contributed by atoms with Crippen molar-refractivity contribution in [1.82, 2.24) is 19.7 Å². The highest BCUT2D eigenvalue weighted by atomic mass is 35.5. The summed E-state index contributed by atoms with van der Waals surface area (Å²) in [4.78, 5) is 29.3. The molecule has 2 rings (SSSR count).